The first-order valence-electron chi connectivity index (χ1n) is 8.24. The molecule has 0 atom stereocenters. The van der Waals surface area contributed by atoms with Crippen LogP contribution in [0.2, 0.25) is 0 Å². The minimum atomic E-state index is -3.24. The van der Waals surface area contributed by atoms with Gasteiger partial charge in [0.05, 0.1) is 0 Å². The standard InChI is InChI=1S/C21H22ClO2P/c1-16-10-4-7-13-19(16)23-25(22,21-15-9-6-12-18(21)3)24-20-14-8-5-11-17(20)2/h4-15,25H,1-3H3. The van der Waals surface area contributed by atoms with Crippen LogP contribution in [-0.4, -0.2) is 0 Å². The molecule has 25 heavy (non-hydrogen) atoms. The number of aryl methyl sites for hydroxylation is 3. The van der Waals surface area contributed by atoms with Gasteiger partial charge >= 0.3 is 154 Å². The van der Waals surface area contributed by atoms with E-state index in [1.807, 2.05) is 93.6 Å². The Morgan fingerprint density at radius 2 is 1.00 bits per heavy atom. The summed E-state index contributed by atoms with van der Waals surface area (Å²) in [5, 5.41) is 0.920. The predicted molar refractivity (Wildman–Crippen MR) is 109 cm³/mol. The van der Waals surface area contributed by atoms with Gasteiger partial charge < -0.3 is 0 Å². The third-order valence-electron chi connectivity index (χ3n) is 4.14. The SMILES string of the molecule is Cc1ccccc1O[PH](Cl)(Oc1ccccc1C)c1ccccc1C. The van der Waals surface area contributed by atoms with Gasteiger partial charge in [-0.15, -0.1) is 0 Å². The second-order valence-electron chi connectivity index (χ2n) is 6.09. The topological polar surface area (TPSA) is 18.5 Å². The Kier molecular flexibility index (Phi) is 5.32. The average Bonchev–Trinajstić information content (AvgIpc) is 2.59. The van der Waals surface area contributed by atoms with E-state index in [4.69, 9.17) is 20.3 Å². The van der Waals surface area contributed by atoms with Crippen molar-refractivity contribution in [3.05, 3.63) is 89.5 Å². The first-order chi connectivity index (χ1) is 12.0. The molecule has 0 saturated carbocycles. The molecule has 0 aliphatic carbocycles. The van der Waals surface area contributed by atoms with E-state index < -0.39 is 7.07 Å². The number of para-hydroxylation sites is 2. The molecule has 3 aromatic rings. The van der Waals surface area contributed by atoms with Crippen LogP contribution in [0.4, 0.5) is 0 Å². The summed E-state index contributed by atoms with van der Waals surface area (Å²) in [5.74, 6) is 1.50. The zero-order chi connectivity index (χ0) is 17.9. The normalized spacial score (nSPS) is 11.8. The Labute approximate surface area is 154 Å². The molecular formula is C21H22ClO2P. The van der Waals surface area contributed by atoms with E-state index in [1.54, 1.807) is 0 Å². The van der Waals surface area contributed by atoms with Crippen molar-refractivity contribution in [2.75, 3.05) is 0 Å². The predicted octanol–water partition coefficient (Wildman–Crippen LogP) is 6.13. The number of rotatable bonds is 5. The van der Waals surface area contributed by atoms with Crippen LogP contribution in [0.25, 0.3) is 0 Å². The molecule has 130 valence electrons. The van der Waals surface area contributed by atoms with Gasteiger partial charge in [-0.25, -0.2) is 0 Å². The summed E-state index contributed by atoms with van der Waals surface area (Å²) in [6.07, 6.45) is 0. The van der Waals surface area contributed by atoms with Crippen LogP contribution in [-0.2, 0) is 0 Å². The summed E-state index contributed by atoms with van der Waals surface area (Å²) in [5.41, 5.74) is 3.12. The molecule has 0 bridgehead atoms. The molecule has 0 aliphatic rings. The molecule has 0 aliphatic heterocycles. The van der Waals surface area contributed by atoms with Crippen molar-refractivity contribution in [2.45, 2.75) is 20.8 Å². The molecule has 0 amide bonds. The van der Waals surface area contributed by atoms with Crippen LogP contribution in [0.1, 0.15) is 16.7 Å². The van der Waals surface area contributed by atoms with Crippen molar-refractivity contribution < 1.29 is 9.05 Å². The van der Waals surface area contributed by atoms with E-state index in [1.165, 1.54) is 0 Å². The van der Waals surface area contributed by atoms with E-state index >= 15 is 0 Å². The number of halogens is 1. The molecule has 0 saturated heterocycles. The van der Waals surface area contributed by atoms with Crippen LogP contribution in [0.15, 0.2) is 72.8 Å². The number of hydrogen-bond acceptors (Lipinski definition) is 2. The van der Waals surface area contributed by atoms with Gasteiger partial charge in [0, 0.05) is 0 Å². The summed E-state index contributed by atoms with van der Waals surface area (Å²) in [4.78, 5) is 0. The molecule has 4 heteroatoms. The van der Waals surface area contributed by atoms with E-state index in [0.29, 0.717) is 0 Å². The van der Waals surface area contributed by atoms with Crippen LogP contribution >= 0.6 is 18.3 Å². The molecule has 3 aromatic carbocycles. The van der Waals surface area contributed by atoms with E-state index in [9.17, 15) is 0 Å². The molecular weight excluding hydrogens is 351 g/mol. The van der Waals surface area contributed by atoms with Gasteiger partial charge in [0.2, 0.25) is 0 Å². The van der Waals surface area contributed by atoms with Gasteiger partial charge in [-0.1, -0.05) is 0 Å². The summed E-state index contributed by atoms with van der Waals surface area (Å²) < 4.78 is 12.7. The molecule has 0 heterocycles. The Morgan fingerprint density at radius 3 is 1.44 bits per heavy atom. The molecule has 0 aromatic heterocycles. The van der Waals surface area contributed by atoms with Gasteiger partial charge in [-0.05, 0) is 0 Å². The molecule has 0 spiro atoms. The Morgan fingerprint density at radius 1 is 0.600 bits per heavy atom. The van der Waals surface area contributed by atoms with Crippen molar-refractivity contribution >= 4 is 23.6 Å². The third-order valence-corrected chi connectivity index (χ3v) is 7.38. The maximum atomic E-state index is 7.08. The van der Waals surface area contributed by atoms with Crippen molar-refractivity contribution in [3.63, 3.8) is 0 Å². The second kappa shape index (κ2) is 7.47. The van der Waals surface area contributed by atoms with Gasteiger partial charge in [0.25, 0.3) is 0 Å². The van der Waals surface area contributed by atoms with Gasteiger partial charge in [0.1, 0.15) is 0 Å². The van der Waals surface area contributed by atoms with Gasteiger partial charge in [-0.2, -0.15) is 0 Å². The fourth-order valence-corrected chi connectivity index (χ4v) is 5.93. The zero-order valence-corrected chi connectivity index (χ0v) is 16.4. The Bertz CT molecular complexity index is 832. The number of benzene rings is 3. The quantitative estimate of drug-likeness (QED) is 0.501. The Hall–Kier alpha value is -2.02. The summed E-state index contributed by atoms with van der Waals surface area (Å²) in [6.45, 7) is 6.04. The third kappa shape index (κ3) is 3.98. The maximum absolute atomic E-state index is 7.08. The van der Waals surface area contributed by atoms with Crippen LogP contribution < -0.4 is 14.4 Å². The first-order valence-corrected chi connectivity index (χ1v) is 11.1. The average molecular weight is 373 g/mol. The summed E-state index contributed by atoms with van der Waals surface area (Å²) in [7, 11) is -3.24. The van der Waals surface area contributed by atoms with Crippen molar-refractivity contribution in [2.24, 2.45) is 0 Å². The monoisotopic (exact) mass is 372 g/mol. The van der Waals surface area contributed by atoms with Crippen molar-refractivity contribution in [3.8, 4) is 11.5 Å². The number of hydrogen-bond donors (Lipinski definition) is 0. The summed E-state index contributed by atoms with van der Waals surface area (Å²) >= 11 is 7.08. The minimum absolute atomic E-state index is 0.751. The summed E-state index contributed by atoms with van der Waals surface area (Å²) in [6, 6.07) is 23.7. The van der Waals surface area contributed by atoms with Crippen LogP contribution in [0.5, 0.6) is 11.5 Å². The van der Waals surface area contributed by atoms with Crippen molar-refractivity contribution in [1.29, 1.82) is 0 Å². The van der Waals surface area contributed by atoms with E-state index in [-0.39, 0.29) is 0 Å². The molecule has 3 rings (SSSR count). The van der Waals surface area contributed by atoms with Gasteiger partial charge in [0.15, 0.2) is 0 Å². The molecule has 0 unspecified atom stereocenters. The zero-order valence-electron chi connectivity index (χ0n) is 14.6. The van der Waals surface area contributed by atoms with Crippen LogP contribution in [0, 0.1) is 20.8 Å². The molecule has 0 fully saturated rings. The van der Waals surface area contributed by atoms with Gasteiger partial charge in [-0.3, -0.25) is 0 Å². The van der Waals surface area contributed by atoms with Crippen LogP contribution in [0.3, 0.4) is 0 Å². The van der Waals surface area contributed by atoms with Crippen molar-refractivity contribution in [1.82, 2.24) is 0 Å². The second-order valence-corrected chi connectivity index (χ2v) is 9.60. The molecule has 2 nitrogen and oxygen atoms in total. The first kappa shape index (κ1) is 17.8. The molecule has 0 radical (unpaired) electrons. The molecule has 0 N–H and O–H groups in total. The fraction of sp³-hybridized carbons (Fsp3) is 0.143. The fourth-order valence-electron chi connectivity index (χ4n) is 2.66. The van der Waals surface area contributed by atoms with E-state index in [0.717, 1.165) is 33.5 Å². The Balaban J connectivity index is 2.07. The van der Waals surface area contributed by atoms with E-state index in [2.05, 4.69) is 0 Å².